The van der Waals surface area contributed by atoms with Crippen LogP contribution in [0.15, 0.2) is 34.5 Å². The van der Waals surface area contributed by atoms with Crippen molar-refractivity contribution in [3.8, 4) is 0 Å². The number of rotatable bonds is 4. The first-order valence-electron chi connectivity index (χ1n) is 7.97. The molecule has 0 bridgehead atoms. The second kappa shape index (κ2) is 7.26. The van der Waals surface area contributed by atoms with E-state index < -0.39 is 21.8 Å². The van der Waals surface area contributed by atoms with Crippen LogP contribution in [0, 0.1) is 6.92 Å². The molecule has 142 valence electrons. The molecule has 0 amide bonds. The molecule has 1 saturated heterocycles. The molecule has 0 N–H and O–H groups in total. The molecular formula is C16H18F3N3O2S2. The molecule has 10 heteroatoms. The molecule has 0 atom stereocenters. The molecule has 1 aromatic carbocycles. The molecule has 1 fully saturated rings. The van der Waals surface area contributed by atoms with Crippen LogP contribution in [0.1, 0.15) is 16.3 Å². The van der Waals surface area contributed by atoms with Gasteiger partial charge in [0, 0.05) is 38.1 Å². The highest BCUT2D eigenvalue weighted by atomic mass is 32.2. The quantitative estimate of drug-likeness (QED) is 0.785. The van der Waals surface area contributed by atoms with Gasteiger partial charge in [0.05, 0.1) is 21.2 Å². The lowest BCUT2D eigenvalue weighted by atomic mass is 10.2. The van der Waals surface area contributed by atoms with Gasteiger partial charge in [-0.2, -0.15) is 17.5 Å². The monoisotopic (exact) mass is 405 g/mol. The van der Waals surface area contributed by atoms with Crippen LogP contribution < -0.4 is 0 Å². The van der Waals surface area contributed by atoms with E-state index in [1.165, 1.54) is 10.4 Å². The molecule has 0 saturated carbocycles. The molecule has 0 spiro atoms. The molecular weight excluding hydrogens is 387 g/mol. The van der Waals surface area contributed by atoms with Gasteiger partial charge in [0.1, 0.15) is 0 Å². The van der Waals surface area contributed by atoms with E-state index in [4.69, 9.17) is 0 Å². The molecule has 1 aliphatic rings. The van der Waals surface area contributed by atoms with Gasteiger partial charge in [-0.15, -0.1) is 11.3 Å². The maximum Gasteiger partial charge on any atom is 0.416 e. The van der Waals surface area contributed by atoms with Crippen molar-refractivity contribution in [2.24, 2.45) is 0 Å². The first kappa shape index (κ1) is 19.3. The van der Waals surface area contributed by atoms with Gasteiger partial charge in [0.25, 0.3) is 0 Å². The normalized spacial score (nSPS) is 17.5. The first-order valence-corrected chi connectivity index (χ1v) is 10.3. The van der Waals surface area contributed by atoms with Crippen molar-refractivity contribution >= 4 is 21.4 Å². The van der Waals surface area contributed by atoms with E-state index in [0.717, 1.165) is 22.8 Å². The van der Waals surface area contributed by atoms with Crippen LogP contribution in [-0.2, 0) is 22.7 Å². The lowest BCUT2D eigenvalue weighted by Gasteiger charge is -2.33. The Balaban J connectivity index is 1.68. The van der Waals surface area contributed by atoms with Gasteiger partial charge in [0.15, 0.2) is 0 Å². The zero-order valence-electron chi connectivity index (χ0n) is 14.0. The fourth-order valence-corrected chi connectivity index (χ4v) is 4.89. The van der Waals surface area contributed by atoms with Gasteiger partial charge in [-0.1, -0.05) is 6.07 Å². The summed E-state index contributed by atoms with van der Waals surface area (Å²) >= 11 is 1.56. The Bertz CT molecular complexity index is 873. The number of benzene rings is 1. The van der Waals surface area contributed by atoms with Crippen LogP contribution in [0.2, 0.25) is 0 Å². The van der Waals surface area contributed by atoms with Crippen molar-refractivity contribution < 1.29 is 21.6 Å². The molecule has 0 unspecified atom stereocenters. The number of alkyl halides is 3. The summed E-state index contributed by atoms with van der Waals surface area (Å²) in [6, 6.07) is 3.89. The van der Waals surface area contributed by atoms with E-state index in [1.54, 1.807) is 11.3 Å². The number of aryl methyl sites for hydroxylation is 1. The first-order chi connectivity index (χ1) is 12.2. The van der Waals surface area contributed by atoms with E-state index in [-0.39, 0.29) is 18.0 Å². The predicted octanol–water partition coefficient (Wildman–Crippen LogP) is 2.98. The van der Waals surface area contributed by atoms with E-state index in [2.05, 4.69) is 9.88 Å². The number of hydrogen-bond acceptors (Lipinski definition) is 5. The molecule has 0 radical (unpaired) electrons. The van der Waals surface area contributed by atoms with Gasteiger partial charge in [-0.05, 0) is 25.1 Å². The number of aromatic nitrogens is 1. The summed E-state index contributed by atoms with van der Waals surface area (Å²) in [4.78, 5) is 6.16. The molecule has 26 heavy (non-hydrogen) atoms. The summed E-state index contributed by atoms with van der Waals surface area (Å²) in [6.45, 7) is 4.06. The standard InChI is InChI=1S/C16H18F3N3O2S2/c1-12-20-14(11-25-12)10-21-5-7-22(8-6-21)26(23,24)15-4-2-3-13(9-15)16(17,18)19/h2-4,9,11H,5-8,10H2,1H3. The number of nitrogens with zero attached hydrogens (tertiary/aromatic N) is 3. The Morgan fingerprint density at radius 3 is 2.46 bits per heavy atom. The summed E-state index contributed by atoms with van der Waals surface area (Å²) in [6.07, 6.45) is -4.57. The van der Waals surface area contributed by atoms with E-state index in [9.17, 15) is 21.6 Å². The third kappa shape index (κ3) is 4.25. The summed E-state index contributed by atoms with van der Waals surface area (Å²) in [5.74, 6) is 0. The largest absolute Gasteiger partial charge is 0.416 e. The van der Waals surface area contributed by atoms with E-state index >= 15 is 0 Å². The van der Waals surface area contributed by atoms with Gasteiger partial charge in [-0.25, -0.2) is 13.4 Å². The molecule has 1 aromatic heterocycles. The summed E-state index contributed by atoms with van der Waals surface area (Å²) in [7, 11) is -3.94. The summed E-state index contributed by atoms with van der Waals surface area (Å²) in [5, 5.41) is 2.95. The minimum absolute atomic E-state index is 0.238. The topological polar surface area (TPSA) is 53.5 Å². The van der Waals surface area contributed by atoms with Crippen molar-refractivity contribution in [3.63, 3.8) is 0 Å². The Morgan fingerprint density at radius 1 is 1.19 bits per heavy atom. The molecule has 2 heterocycles. The lowest BCUT2D eigenvalue weighted by Crippen LogP contribution is -2.48. The Kier molecular flexibility index (Phi) is 5.38. The summed E-state index contributed by atoms with van der Waals surface area (Å²) < 4.78 is 65.1. The number of sulfonamides is 1. The summed E-state index contributed by atoms with van der Waals surface area (Å²) in [5.41, 5.74) is -0.0159. The van der Waals surface area contributed by atoms with Crippen LogP contribution in [0.5, 0.6) is 0 Å². The zero-order valence-corrected chi connectivity index (χ0v) is 15.7. The molecule has 0 aliphatic carbocycles. The molecule has 1 aliphatic heterocycles. The average molecular weight is 405 g/mol. The number of hydrogen-bond donors (Lipinski definition) is 0. The number of piperazine rings is 1. The van der Waals surface area contributed by atoms with Gasteiger partial charge >= 0.3 is 6.18 Å². The van der Waals surface area contributed by atoms with Gasteiger partial charge < -0.3 is 0 Å². The van der Waals surface area contributed by atoms with E-state index in [1.807, 2.05) is 12.3 Å². The van der Waals surface area contributed by atoms with E-state index in [0.29, 0.717) is 25.7 Å². The maximum absolute atomic E-state index is 12.8. The zero-order chi connectivity index (χ0) is 18.9. The minimum Gasteiger partial charge on any atom is -0.295 e. The molecule has 3 rings (SSSR count). The van der Waals surface area contributed by atoms with Gasteiger partial charge in [0.2, 0.25) is 10.0 Å². The number of halogens is 3. The van der Waals surface area contributed by atoms with Crippen LogP contribution in [0.4, 0.5) is 13.2 Å². The van der Waals surface area contributed by atoms with Crippen molar-refractivity contribution in [2.45, 2.75) is 24.5 Å². The molecule has 5 nitrogen and oxygen atoms in total. The lowest BCUT2D eigenvalue weighted by molar-refractivity contribution is -0.137. The SMILES string of the molecule is Cc1nc(CN2CCN(S(=O)(=O)c3cccc(C(F)(F)F)c3)CC2)cs1. The van der Waals surface area contributed by atoms with Crippen LogP contribution in [0.3, 0.4) is 0 Å². The van der Waals surface area contributed by atoms with Gasteiger partial charge in [-0.3, -0.25) is 4.90 Å². The Labute approximate surface area is 154 Å². The van der Waals surface area contributed by atoms with Crippen LogP contribution in [0.25, 0.3) is 0 Å². The fourth-order valence-electron chi connectivity index (χ4n) is 2.82. The second-order valence-corrected chi connectivity index (χ2v) is 9.06. The third-order valence-corrected chi connectivity index (χ3v) is 6.90. The smallest absolute Gasteiger partial charge is 0.295 e. The Hall–Kier alpha value is -1.49. The predicted molar refractivity (Wildman–Crippen MR) is 92.3 cm³/mol. The highest BCUT2D eigenvalue weighted by molar-refractivity contribution is 7.89. The van der Waals surface area contributed by atoms with Crippen molar-refractivity contribution in [3.05, 3.63) is 45.9 Å². The minimum atomic E-state index is -4.57. The highest BCUT2D eigenvalue weighted by Crippen LogP contribution is 2.31. The second-order valence-electron chi connectivity index (χ2n) is 6.06. The van der Waals surface area contributed by atoms with Crippen LogP contribution >= 0.6 is 11.3 Å². The van der Waals surface area contributed by atoms with Crippen molar-refractivity contribution in [1.29, 1.82) is 0 Å². The Morgan fingerprint density at radius 2 is 1.88 bits per heavy atom. The number of thiazole rings is 1. The van der Waals surface area contributed by atoms with Crippen molar-refractivity contribution in [2.75, 3.05) is 26.2 Å². The average Bonchev–Trinajstić information content (AvgIpc) is 2.99. The molecule has 2 aromatic rings. The van der Waals surface area contributed by atoms with Crippen LogP contribution in [-0.4, -0.2) is 48.8 Å². The highest BCUT2D eigenvalue weighted by Gasteiger charge is 2.34. The maximum atomic E-state index is 12.8. The third-order valence-electron chi connectivity index (χ3n) is 4.18. The van der Waals surface area contributed by atoms with Crippen molar-refractivity contribution in [1.82, 2.24) is 14.2 Å². The fraction of sp³-hybridized carbons (Fsp3) is 0.438.